The molecular weight excluding hydrogens is 554 g/mol. The van der Waals surface area contributed by atoms with Gasteiger partial charge in [0, 0.05) is 58.8 Å². The molecule has 0 amide bonds. The summed E-state index contributed by atoms with van der Waals surface area (Å²) in [6.45, 7) is 4.03. The first kappa shape index (κ1) is 24.9. The normalized spacial score (nSPS) is 24.4. The van der Waals surface area contributed by atoms with Gasteiger partial charge >= 0.3 is 0 Å². The van der Waals surface area contributed by atoms with Crippen LogP contribution in [0.25, 0.3) is 43.1 Å². The Morgan fingerprint density at radius 3 is 1.42 bits per heavy atom. The Bertz CT molecular complexity index is 2250. The summed E-state index contributed by atoms with van der Waals surface area (Å²) < 4.78 is 0. The maximum absolute atomic E-state index is 14.9. The molecule has 6 aromatic rings. The van der Waals surface area contributed by atoms with Crippen molar-refractivity contribution in [1.82, 2.24) is 0 Å². The molecule has 45 heavy (non-hydrogen) atoms. The molecule has 1 saturated carbocycles. The summed E-state index contributed by atoms with van der Waals surface area (Å²) in [4.78, 5) is 5.05. The van der Waals surface area contributed by atoms with Gasteiger partial charge in [0.2, 0.25) is 0 Å². The Morgan fingerprint density at radius 1 is 0.489 bits per heavy atom. The first-order valence-electron chi connectivity index (χ1n) is 16.7. The Balaban J connectivity index is 1.18. The molecule has 11 rings (SSSR count). The molecule has 0 aromatic heterocycles. The van der Waals surface area contributed by atoms with Crippen molar-refractivity contribution < 1.29 is 10.2 Å². The number of nitrogens with two attached hydrogens (primary N) is 1. The van der Waals surface area contributed by atoms with Gasteiger partial charge in [-0.2, -0.15) is 0 Å². The van der Waals surface area contributed by atoms with Crippen LogP contribution in [0.15, 0.2) is 66.7 Å². The van der Waals surface area contributed by atoms with Gasteiger partial charge in [0.15, 0.2) is 0 Å². The van der Waals surface area contributed by atoms with Gasteiger partial charge in [-0.05, 0) is 93.1 Å². The third kappa shape index (κ3) is 2.93. The van der Waals surface area contributed by atoms with E-state index in [1.807, 2.05) is 6.07 Å². The summed E-state index contributed by atoms with van der Waals surface area (Å²) in [5.74, 6) is -1.26. The van der Waals surface area contributed by atoms with E-state index in [1.165, 1.54) is 55.2 Å². The highest BCUT2D eigenvalue weighted by molar-refractivity contribution is 6.21. The third-order valence-corrected chi connectivity index (χ3v) is 12.2. The van der Waals surface area contributed by atoms with Crippen LogP contribution in [0.2, 0.25) is 0 Å². The van der Waals surface area contributed by atoms with Crippen LogP contribution in [0.1, 0.15) is 45.2 Å². The van der Waals surface area contributed by atoms with Crippen molar-refractivity contribution in [3.63, 3.8) is 0 Å². The minimum atomic E-state index is -1.05. The Labute approximate surface area is 261 Å². The zero-order valence-corrected chi connectivity index (χ0v) is 25.1. The van der Waals surface area contributed by atoms with E-state index in [9.17, 15) is 10.2 Å². The van der Waals surface area contributed by atoms with Crippen LogP contribution in [-0.2, 0) is 25.7 Å². The molecule has 0 radical (unpaired) electrons. The van der Waals surface area contributed by atoms with Crippen LogP contribution < -0.4 is 25.7 Å². The predicted molar refractivity (Wildman–Crippen MR) is 180 cm³/mol. The number of nitrogen functional groups attached to an aromatic ring is 1. The van der Waals surface area contributed by atoms with Crippen molar-refractivity contribution in [1.29, 1.82) is 0 Å². The maximum atomic E-state index is 14.9. The molecule has 1 aliphatic carbocycles. The molecule has 2 N–H and O–H groups in total. The van der Waals surface area contributed by atoms with Gasteiger partial charge in [0.1, 0.15) is 0 Å². The van der Waals surface area contributed by atoms with Crippen LogP contribution in [0.3, 0.4) is 0 Å². The standard InChI is InChI=1S/C40H33N3O2/c41-27-11-10-23-15-19-43-18-14-22-6-3-9-26-30(22)38(43)31(23)34(27)33(26)36-39(44)35(40(36)45)32-24-7-1-4-20-12-16-42-17-13-21-5-2-8-25(32)29(21)37(42)28(20)24/h1-11,35-36,39-40H,12-19,41H2/q-2. The van der Waals surface area contributed by atoms with Gasteiger partial charge < -0.3 is 25.7 Å². The van der Waals surface area contributed by atoms with E-state index in [2.05, 4.69) is 70.5 Å². The lowest BCUT2D eigenvalue weighted by Crippen LogP contribution is -2.63. The molecule has 5 nitrogen and oxygen atoms in total. The predicted octanol–water partition coefficient (Wildman–Crippen LogP) is 5.06. The Morgan fingerprint density at radius 2 is 0.911 bits per heavy atom. The lowest BCUT2D eigenvalue weighted by molar-refractivity contribution is -0.535. The number of anilines is 3. The van der Waals surface area contributed by atoms with Crippen LogP contribution >= 0.6 is 0 Å². The van der Waals surface area contributed by atoms with Gasteiger partial charge in [-0.3, -0.25) is 0 Å². The number of benzene rings is 6. The minimum absolute atomic E-state index is 0.610. The fraction of sp³-hybridized carbons (Fsp3) is 0.300. The molecule has 2 unspecified atom stereocenters. The SMILES string of the molecule is Nc1ccc2c3c4c5c(cccc5c(C5C([O-])C(c6c7cccc8c7c7c9c(cccc69)CCN7CC8)C5[O-])c13)CCN4CC2. The average molecular weight is 588 g/mol. The second-order valence-electron chi connectivity index (χ2n) is 14.1. The molecule has 2 atom stereocenters. The summed E-state index contributed by atoms with van der Waals surface area (Å²) in [5.41, 5.74) is 17.3. The highest BCUT2D eigenvalue weighted by Crippen LogP contribution is 2.57. The lowest BCUT2D eigenvalue weighted by atomic mass is 9.60. The van der Waals surface area contributed by atoms with Gasteiger partial charge in [0.25, 0.3) is 0 Å². The molecule has 0 saturated heterocycles. The zero-order valence-electron chi connectivity index (χ0n) is 25.1. The highest BCUT2D eigenvalue weighted by atomic mass is 16.3. The van der Waals surface area contributed by atoms with Gasteiger partial charge in [-0.25, -0.2) is 0 Å². The van der Waals surface area contributed by atoms with Crippen molar-refractivity contribution in [2.45, 2.75) is 49.7 Å². The minimum Gasteiger partial charge on any atom is -0.851 e. The molecule has 1 fully saturated rings. The number of nitrogens with zero attached hydrogens (tertiary/aromatic N) is 2. The van der Waals surface area contributed by atoms with Crippen LogP contribution in [0.5, 0.6) is 0 Å². The quantitative estimate of drug-likeness (QED) is 0.227. The van der Waals surface area contributed by atoms with Gasteiger partial charge in [0.05, 0.1) is 11.4 Å². The summed E-state index contributed by atoms with van der Waals surface area (Å²) >= 11 is 0. The molecule has 4 aliphatic heterocycles. The second-order valence-corrected chi connectivity index (χ2v) is 14.1. The second kappa shape index (κ2) is 8.48. The first-order valence-corrected chi connectivity index (χ1v) is 16.7. The van der Waals surface area contributed by atoms with E-state index >= 15 is 0 Å². The molecule has 4 heterocycles. The van der Waals surface area contributed by atoms with Crippen molar-refractivity contribution >= 4 is 60.2 Å². The molecule has 5 aliphatic rings. The number of hydrogen-bond acceptors (Lipinski definition) is 5. The van der Waals surface area contributed by atoms with E-state index in [1.54, 1.807) is 0 Å². The van der Waals surface area contributed by atoms with Crippen molar-refractivity contribution in [2.75, 3.05) is 41.7 Å². The Hall–Kier alpha value is -4.32. The van der Waals surface area contributed by atoms with E-state index in [-0.39, 0.29) is 0 Å². The van der Waals surface area contributed by atoms with E-state index in [0.717, 1.165) is 84.5 Å². The molecule has 222 valence electrons. The first-order chi connectivity index (χ1) is 22.1. The van der Waals surface area contributed by atoms with Crippen LogP contribution in [-0.4, -0.2) is 38.4 Å². The molecule has 0 spiro atoms. The maximum Gasteiger partial charge on any atom is 0.0532 e. The van der Waals surface area contributed by atoms with E-state index < -0.39 is 24.0 Å². The molecular formula is C40H33N3O2-2. The number of rotatable bonds is 2. The molecule has 0 bridgehead atoms. The third-order valence-electron chi connectivity index (χ3n) is 12.2. The van der Waals surface area contributed by atoms with Gasteiger partial charge in [-0.15, -0.1) is 12.2 Å². The fourth-order valence-electron chi connectivity index (χ4n) is 10.3. The topological polar surface area (TPSA) is 78.6 Å². The van der Waals surface area contributed by atoms with E-state index in [4.69, 9.17) is 5.73 Å². The monoisotopic (exact) mass is 587 g/mol. The smallest absolute Gasteiger partial charge is 0.0532 e. The Kier molecular flexibility index (Phi) is 4.70. The lowest BCUT2D eigenvalue weighted by Gasteiger charge is -2.62. The summed E-state index contributed by atoms with van der Waals surface area (Å²) in [6.07, 6.45) is 1.83. The average Bonchev–Trinajstić information content (AvgIpc) is 3.08. The molecule has 6 aromatic carbocycles. The summed E-state index contributed by atoms with van der Waals surface area (Å²) in [5, 5.41) is 39.0. The van der Waals surface area contributed by atoms with Crippen molar-refractivity contribution in [2.24, 2.45) is 0 Å². The number of hydrogen-bond donors (Lipinski definition) is 1. The fourth-order valence-corrected chi connectivity index (χ4v) is 10.3. The van der Waals surface area contributed by atoms with E-state index in [0.29, 0.717) is 5.69 Å². The van der Waals surface area contributed by atoms with Crippen molar-refractivity contribution in [3.05, 3.63) is 100 Å². The summed E-state index contributed by atoms with van der Waals surface area (Å²) in [7, 11) is 0. The van der Waals surface area contributed by atoms with Crippen LogP contribution in [0.4, 0.5) is 17.1 Å². The largest absolute Gasteiger partial charge is 0.851 e. The van der Waals surface area contributed by atoms with Crippen LogP contribution in [0, 0.1) is 0 Å². The van der Waals surface area contributed by atoms with Crippen molar-refractivity contribution in [3.8, 4) is 0 Å². The zero-order chi connectivity index (χ0) is 29.7. The van der Waals surface area contributed by atoms with Gasteiger partial charge in [-0.1, -0.05) is 60.7 Å². The summed E-state index contributed by atoms with van der Waals surface area (Å²) in [6, 6.07) is 23.7. The highest BCUT2D eigenvalue weighted by Gasteiger charge is 2.44. The molecule has 5 heteroatoms.